The molecule has 0 spiro atoms. The summed E-state index contributed by atoms with van der Waals surface area (Å²) >= 11 is 7.21. The van der Waals surface area contributed by atoms with Crippen molar-refractivity contribution in [3.05, 3.63) is 81.8 Å². The molecule has 48 heavy (non-hydrogen) atoms. The molecule has 0 aliphatic carbocycles. The number of halogens is 2. The van der Waals surface area contributed by atoms with E-state index in [9.17, 15) is 9.18 Å². The lowest BCUT2D eigenvalue weighted by atomic mass is 9.86. The summed E-state index contributed by atoms with van der Waals surface area (Å²) in [7, 11) is 4.58. The predicted molar refractivity (Wildman–Crippen MR) is 198 cm³/mol. The van der Waals surface area contributed by atoms with Gasteiger partial charge in [0, 0.05) is 34.9 Å². The van der Waals surface area contributed by atoms with E-state index in [0.717, 1.165) is 68.8 Å². The fourth-order valence-electron chi connectivity index (χ4n) is 7.03. The van der Waals surface area contributed by atoms with Crippen molar-refractivity contribution in [2.24, 2.45) is 5.92 Å². The zero-order valence-electron chi connectivity index (χ0n) is 30.3. The Morgan fingerprint density at radius 2 is 1.85 bits per heavy atom. The molecule has 4 aromatic rings. The van der Waals surface area contributed by atoms with Crippen molar-refractivity contribution in [3.8, 4) is 5.75 Å². The molecule has 0 radical (unpaired) electrons. The van der Waals surface area contributed by atoms with Gasteiger partial charge < -0.3 is 18.5 Å². The average molecular weight is 676 g/mol. The molecule has 2 unspecified atom stereocenters. The summed E-state index contributed by atoms with van der Waals surface area (Å²) in [5.41, 5.74) is 5.65. The van der Waals surface area contributed by atoms with Crippen molar-refractivity contribution in [1.29, 1.82) is 0 Å². The largest absolute Gasteiger partial charge is 0.493 e. The maximum absolute atomic E-state index is 14.3. The monoisotopic (exact) mass is 675 g/mol. The first-order chi connectivity index (χ1) is 22.6. The Labute approximate surface area is 291 Å². The average Bonchev–Trinajstić information content (AvgIpc) is 3.33. The van der Waals surface area contributed by atoms with Gasteiger partial charge in [0.25, 0.3) is 0 Å². The Hall–Kier alpha value is -3.35. The van der Waals surface area contributed by atoms with Crippen molar-refractivity contribution >= 4 is 44.8 Å². The molecule has 3 aromatic carbocycles. The standard InChI is InChI=1S/C41H53ClFN2O3/c1-10-26(2)20-22-44-38-33(18-19-34(42)37(38)36-27(3)21-23-45(8,9)28(36)4)32(39(44)40(46)48-41(5,6)7)14-12-24-47-35-15-11-13-29-25-30(43)16-17-31(29)35/h11,13,15-19,25-26,28H,10,12,14,20-24H2,1-9H3/q+1. The summed E-state index contributed by atoms with van der Waals surface area (Å²) in [6.45, 7) is 17.0. The number of carbonyl (C=O) groups is 1. The Kier molecular flexibility index (Phi) is 10.7. The number of hydrogen-bond donors (Lipinski definition) is 0. The minimum absolute atomic E-state index is 0.232. The van der Waals surface area contributed by atoms with Crippen LogP contribution in [0.25, 0.3) is 27.2 Å². The zero-order valence-corrected chi connectivity index (χ0v) is 31.1. The second-order valence-corrected chi connectivity index (χ2v) is 15.7. The van der Waals surface area contributed by atoms with E-state index in [0.29, 0.717) is 42.6 Å². The van der Waals surface area contributed by atoms with Crippen LogP contribution in [-0.4, -0.2) is 53.9 Å². The van der Waals surface area contributed by atoms with E-state index in [2.05, 4.69) is 52.4 Å². The third-order valence-electron chi connectivity index (χ3n) is 10.3. The fourth-order valence-corrected chi connectivity index (χ4v) is 7.29. The van der Waals surface area contributed by atoms with Gasteiger partial charge in [-0.2, -0.15) is 0 Å². The van der Waals surface area contributed by atoms with Crippen molar-refractivity contribution in [3.63, 3.8) is 0 Å². The lowest BCUT2D eigenvalue weighted by Gasteiger charge is -2.42. The van der Waals surface area contributed by atoms with Crippen LogP contribution in [0.15, 0.2) is 54.1 Å². The van der Waals surface area contributed by atoms with Gasteiger partial charge in [0.15, 0.2) is 0 Å². The minimum atomic E-state index is -0.651. The highest BCUT2D eigenvalue weighted by atomic mass is 35.5. The van der Waals surface area contributed by atoms with E-state index in [4.69, 9.17) is 21.1 Å². The number of hydrogen-bond acceptors (Lipinski definition) is 3. The van der Waals surface area contributed by atoms with E-state index in [1.807, 2.05) is 45.0 Å². The van der Waals surface area contributed by atoms with Crippen molar-refractivity contribution in [2.75, 3.05) is 27.2 Å². The van der Waals surface area contributed by atoms with Gasteiger partial charge in [-0.15, -0.1) is 0 Å². The molecular weight excluding hydrogens is 623 g/mol. The van der Waals surface area contributed by atoms with Crippen LogP contribution >= 0.6 is 11.6 Å². The second kappa shape index (κ2) is 14.2. The maximum Gasteiger partial charge on any atom is 0.355 e. The highest BCUT2D eigenvalue weighted by Gasteiger charge is 2.37. The number of benzene rings is 3. The molecule has 258 valence electrons. The van der Waals surface area contributed by atoms with Gasteiger partial charge in [0.05, 0.1) is 37.8 Å². The molecule has 0 N–H and O–H groups in total. The van der Waals surface area contributed by atoms with E-state index < -0.39 is 5.60 Å². The van der Waals surface area contributed by atoms with Gasteiger partial charge in [-0.3, -0.25) is 0 Å². The molecule has 0 fully saturated rings. The molecule has 2 heterocycles. The number of likely N-dealkylation sites (N-methyl/N-ethyl adjacent to an activating group) is 1. The number of carbonyl (C=O) groups excluding carboxylic acids is 1. The van der Waals surface area contributed by atoms with Crippen LogP contribution < -0.4 is 4.74 Å². The zero-order chi connectivity index (χ0) is 35.0. The predicted octanol–water partition coefficient (Wildman–Crippen LogP) is 10.6. The molecule has 7 heteroatoms. The molecule has 2 atom stereocenters. The topological polar surface area (TPSA) is 40.5 Å². The first-order valence-electron chi connectivity index (χ1n) is 17.5. The van der Waals surface area contributed by atoms with Crippen LogP contribution in [0.2, 0.25) is 5.02 Å². The normalized spacial score (nSPS) is 17.3. The summed E-state index contributed by atoms with van der Waals surface area (Å²) < 4.78 is 29.4. The molecule has 1 aromatic heterocycles. The SMILES string of the molecule is CCC(C)CCn1c(C(=O)OC(C)(C)C)c(CCCOc2cccc3cc(F)ccc23)c2ccc(Cl)c(C3=C(C)CC[N+](C)(C)C3C)c21. The number of rotatable bonds is 11. The first kappa shape index (κ1) is 35.9. The number of ether oxygens (including phenoxy) is 2. The molecule has 0 saturated heterocycles. The van der Waals surface area contributed by atoms with Crippen LogP contribution in [0.4, 0.5) is 4.39 Å². The summed E-state index contributed by atoms with van der Waals surface area (Å²) in [6.07, 6.45) is 4.29. The highest BCUT2D eigenvalue weighted by molar-refractivity contribution is 6.34. The number of esters is 1. The number of aryl methyl sites for hydroxylation is 2. The van der Waals surface area contributed by atoms with E-state index in [1.54, 1.807) is 6.07 Å². The lowest BCUT2D eigenvalue weighted by Crippen LogP contribution is -2.51. The summed E-state index contributed by atoms with van der Waals surface area (Å²) in [6, 6.07) is 14.8. The van der Waals surface area contributed by atoms with Crippen LogP contribution in [0.3, 0.4) is 0 Å². The summed E-state index contributed by atoms with van der Waals surface area (Å²) in [5, 5.41) is 3.44. The lowest BCUT2D eigenvalue weighted by molar-refractivity contribution is -0.905. The summed E-state index contributed by atoms with van der Waals surface area (Å²) in [4.78, 5) is 14.3. The minimum Gasteiger partial charge on any atom is -0.493 e. The highest BCUT2D eigenvalue weighted by Crippen LogP contribution is 2.44. The van der Waals surface area contributed by atoms with Crippen LogP contribution in [0.1, 0.15) is 95.8 Å². The van der Waals surface area contributed by atoms with E-state index in [1.165, 1.54) is 23.3 Å². The Morgan fingerprint density at radius 3 is 2.56 bits per heavy atom. The number of fused-ring (bicyclic) bond motifs is 2. The van der Waals surface area contributed by atoms with Crippen LogP contribution in [-0.2, 0) is 17.7 Å². The van der Waals surface area contributed by atoms with Crippen molar-refractivity contribution < 1.29 is 23.1 Å². The van der Waals surface area contributed by atoms with Crippen molar-refractivity contribution in [1.82, 2.24) is 4.57 Å². The van der Waals surface area contributed by atoms with Gasteiger partial charge in [0.1, 0.15) is 28.9 Å². The number of aromatic nitrogens is 1. The van der Waals surface area contributed by atoms with Gasteiger partial charge in [-0.1, -0.05) is 55.6 Å². The molecular formula is C41H53ClFN2O3+. The van der Waals surface area contributed by atoms with Crippen LogP contribution in [0.5, 0.6) is 5.75 Å². The molecule has 1 aliphatic rings. The molecule has 0 bridgehead atoms. The Morgan fingerprint density at radius 1 is 1.12 bits per heavy atom. The van der Waals surface area contributed by atoms with Gasteiger partial charge in [-0.25, -0.2) is 9.18 Å². The molecule has 0 saturated carbocycles. The smallest absolute Gasteiger partial charge is 0.355 e. The maximum atomic E-state index is 14.3. The van der Waals surface area contributed by atoms with Crippen LogP contribution in [0, 0.1) is 11.7 Å². The Bertz CT molecular complexity index is 1850. The molecule has 5 rings (SSSR count). The van der Waals surface area contributed by atoms with Gasteiger partial charge in [-0.05, 0) is 101 Å². The number of nitrogens with zero attached hydrogens (tertiary/aromatic N) is 2. The second-order valence-electron chi connectivity index (χ2n) is 15.3. The number of quaternary nitrogens is 1. The molecule has 5 nitrogen and oxygen atoms in total. The third-order valence-corrected chi connectivity index (χ3v) is 10.6. The first-order valence-corrected chi connectivity index (χ1v) is 17.9. The van der Waals surface area contributed by atoms with Crippen molar-refractivity contribution in [2.45, 2.75) is 98.8 Å². The molecule has 0 amide bonds. The van der Waals surface area contributed by atoms with E-state index in [-0.39, 0.29) is 17.8 Å². The van der Waals surface area contributed by atoms with Gasteiger partial charge in [0.2, 0.25) is 0 Å². The summed E-state index contributed by atoms with van der Waals surface area (Å²) in [5.74, 6) is 0.636. The van der Waals surface area contributed by atoms with Gasteiger partial charge >= 0.3 is 5.97 Å². The van der Waals surface area contributed by atoms with E-state index >= 15 is 0 Å². The third kappa shape index (κ3) is 7.45. The fraction of sp³-hybridized carbons (Fsp3) is 0.488. The Balaban J connectivity index is 1.64. The molecule has 1 aliphatic heterocycles. The quantitative estimate of drug-likeness (QED) is 0.0902.